The summed E-state index contributed by atoms with van der Waals surface area (Å²) in [6.07, 6.45) is 4.35. The SMILES string of the molecule is CC(C)n1c(N(C)Cc2cccc(F)c2)nc2sc3c(c2c1=O)CCCC3. The monoisotopic (exact) mass is 385 g/mol. The highest BCUT2D eigenvalue weighted by molar-refractivity contribution is 7.18. The zero-order valence-corrected chi connectivity index (χ0v) is 16.8. The van der Waals surface area contributed by atoms with Gasteiger partial charge in [-0.1, -0.05) is 12.1 Å². The lowest BCUT2D eigenvalue weighted by atomic mass is 9.97. The summed E-state index contributed by atoms with van der Waals surface area (Å²) < 4.78 is 15.3. The number of aryl methyl sites for hydroxylation is 2. The predicted molar refractivity (Wildman–Crippen MR) is 109 cm³/mol. The maximum atomic E-state index is 13.5. The van der Waals surface area contributed by atoms with Gasteiger partial charge in [0, 0.05) is 24.5 Å². The number of fused-ring (bicyclic) bond motifs is 3. The Hall–Kier alpha value is -2.21. The van der Waals surface area contributed by atoms with Crippen LogP contribution in [0, 0.1) is 5.82 Å². The first-order chi connectivity index (χ1) is 13.0. The summed E-state index contributed by atoms with van der Waals surface area (Å²) in [7, 11) is 1.91. The van der Waals surface area contributed by atoms with Crippen LogP contribution in [0.4, 0.5) is 10.3 Å². The first-order valence-corrected chi connectivity index (χ1v) is 10.3. The van der Waals surface area contributed by atoms with Crippen molar-refractivity contribution in [2.75, 3.05) is 11.9 Å². The van der Waals surface area contributed by atoms with E-state index < -0.39 is 0 Å². The molecule has 0 radical (unpaired) electrons. The van der Waals surface area contributed by atoms with Crippen molar-refractivity contribution in [1.29, 1.82) is 0 Å². The lowest BCUT2D eigenvalue weighted by Gasteiger charge is -2.24. The molecule has 3 aromatic rings. The fourth-order valence-corrected chi connectivity index (χ4v) is 5.17. The van der Waals surface area contributed by atoms with Crippen LogP contribution < -0.4 is 10.5 Å². The molecule has 4 rings (SSSR count). The molecule has 2 aromatic heterocycles. The molecule has 0 saturated carbocycles. The molecule has 4 nitrogen and oxygen atoms in total. The molecular formula is C21H24FN3OS. The topological polar surface area (TPSA) is 38.1 Å². The van der Waals surface area contributed by atoms with Gasteiger partial charge in [-0.15, -0.1) is 11.3 Å². The molecule has 0 saturated heterocycles. The lowest BCUT2D eigenvalue weighted by molar-refractivity contribution is 0.565. The van der Waals surface area contributed by atoms with Crippen molar-refractivity contribution in [2.24, 2.45) is 0 Å². The lowest BCUT2D eigenvalue weighted by Crippen LogP contribution is -2.31. The normalized spacial score (nSPS) is 14.0. The van der Waals surface area contributed by atoms with Gasteiger partial charge >= 0.3 is 0 Å². The molecule has 1 aliphatic rings. The second kappa shape index (κ2) is 7.08. The number of hydrogen-bond donors (Lipinski definition) is 0. The molecular weight excluding hydrogens is 361 g/mol. The van der Waals surface area contributed by atoms with Crippen LogP contribution in [0.1, 0.15) is 48.7 Å². The van der Waals surface area contributed by atoms with Gasteiger partial charge in [-0.2, -0.15) is 0 Å². The summed E-state index contributed by atoms with van der Waals surface area (Å²) in [5.74, 6) is 0.391. The summed E-state index contributed by atoms with van der Waals surface area (Å²) in [6, 6.07) is 6.56. The second-order valence-corrected chi connectivity index (χ2v) is 8.64. The average molecular weight is 386 g/mol. The third-order valence-electron chi connectivity index (χ3n) is 5.17. The maximum absolute atomic E-state index is 13.5. The third kappa shape index (κ3) is 3.27. The number of anilines is 1. The zero-order chi connectivity index (χ0) is 19.1. The maximum Gasteiger partial charge on any atom is 0.264 e. The van der Waals surface area contributed by atoms with Crippen molar-refractivity contribution < 1.29 is 4.39 Å². The van der Waals surface area contributed by atoms with E-state index in [4.69, 9.17) is 4.98 Å². The van der Waals surface area contributed by atoms with E-state index in [1.807, 2.05) is 31.9 Å². The van der Waals surface area contributed by atoms with Gasteiger partial charge < -0.3 is 4.90 Å². The fourth-order valence-electron chi connectivity index (χ4n) is 3.92. The van der Waals surface area contributed by atoms with Crippen LogP contribution in [0.3, 0.4) is 0 Å². The van der Waals surface area contributed by atoms with E-state index in [-0.39, 0.29) is 17.4 Å². The standard InChI is InChI=1S/C21H24FN3OS/c1-13(2)25-20(26)18-16-9-4-5-10-17(16)27-19(18)23-21(25)24(3)12-14-7-6-8-15(22)11-14/h6-8,11,13H,4-5,9-10,12H2,1-3H3. The molecule has 27 heavy (non-hydrogen) atoms. The first-order valence-electron chi connectivity index (χ1n) is 9.48. The Balaban J connectivity index is 1.84. The largest absolute Gasteiger partial charge is 0.341 e. The van der Waals surface area contributed by atoms with Crippen molar-refractivity contribution in [3.05, 3.63) is 56.4 Å². The molecule has 6 heteroatoms. The van der Waals surface area contributed by atoms with Crippen molar-refractivity contribution in [3.8, 4) is 0 Å². The van der Waals surface area contributed by atoms with Crippen LogP contribution in [0.25, 0.3) is 10.2 Å². The molecule has 0 amide bonds. The van der Waals surface area contributed by atoms with E-state index in [1.165, 1.54) is 29.0 Å². The van der Waals surface area contributed by atoms with E-state index in [2.05, 4.69) is 0 Å². The van der Waals surface area contributed by atoms with Gasteiger partial charge in [0.1, 0.15) is 10.6 Å². The molecule has 0 aliphatic heterocycles. The number of nitrogens with zero attached hydrogens (tertiary/aromatic N) is 3. The quantitative estimate of drug-likeness (QED) is 0.654. The molecule has 1 aromatic carbocycles. The highest BCUT2D eigenvalue weighted by Gasteiger charge is 2.24. The molecule has 0 atom stereocenters. The van der Waals surface area contributed by atoms with Gasteiger partial charge in [0.2, 0.25) is 5.95 Å². The molecule has 142 valence electrons. The molecule has 0 N–H and O–H groups in total. The first kappa shape index (κ1) is 18.2. The molecule has 2 heterocycles. The smallest absolute Gasteiger partial charge is 0.264 e. The third-order valence-corrected chi connectivity index (χ3v) is 6.35. The Morgan fingerprint density at radius 2 is 2.07 bits per heavy atom. The van der Waals surface area contributed by atoms with Crippen molar-refractivity contribution in [2.45, 2.75) is 52.1 Å². The van der Waals surface area contributed by atoms with Crippen molar-refractivity contribution in [1.82, 2.24) is 9.55 Å². The summed E-state index contributed by atoms with van der Waals surface area (Å²) >= 11 is 1.66. The van der Waals surface area contributed by atoms with Crippen molar-refractivity contribution in [3.63, 3.8) is 0 Å². The Morgan fingerprint density at radius 3 is 2.81 bits per heavy atom. The van der Waals surface area contributed by atoms with Crippen LogP contribution in [0.2, 0.25) is 0 Å². The second-order valence-electron chi connectivity index (χ2n) is 7.56. The average Bonchev–Trinajstić information content (AvgIpc) is 2.99. The number of thiophene rings is 1. The summed E-state index contributed by atoms with van der Waals surface area (Å²) in [4.78, 5) is 22.4. The molecule has 0 fully saturated rings. The number of hydrogen-bond acceptors (Lipinski definition) is 4. The fraction of sp³-hybridized carbons (Fsp3) is 0.429. The summed E-state index contributed by atoms with van der Waals surface area (Å²) in [5.41, 5.74) is 2.12. The van der Waals surface area contributed by atoms with Crippen LogP contribution in [0.5, 0.6) is 0 Å². The molecule has 0 spiro atoms. The van der Waals surface area contributed by atoms with E-state index in [1.54, 1.807) is 22.0 Å². The van der Waals surface area contributed by atoms with E-state index >= 15 is 0 Å². The van der Waals surface area contributed by atoms with Gasteiger partial charge in [-0.3, -0.25) is 9.36 Å². The molecule has 1 aliphatic carbocycles. The van der Waals surface area contributed by atoms with Gasteiger partial charge in [0.05, 0.1) is 5.39 Å². The highest BCUT2D eigenvalue weighted by Crippen LogP contribution is 2.35. The highest BCUT2D eigenvalue weighted by atomic mass is 32.1. The van der Waals surface area contributed by atoms with Gasteiger partial charge in [0.15, 0.2) is 0 Å². The predicted octanol–water partition coefficient (Wildman–Crippen LogP) is 4.69. The number of halogens is 1. The van der Waals surface area contributed by atoms with Gasteiger partial charge in [0.25, 0.3) is 5.56 Å². The summed E-state index contributed by atoms with van der Waals surface area (Å²) in [5, 5.41) is 0.811. The van der Waals surface area contributed by atoms with E-state index in [0.717, 1.165) is 35.0 Å². The number of benzene rings is 1. The number of rotatable bonds is 4. The van der Waals surface area contributed by atoms with Crippen LogP contribution in [-0.2, 0) is 19.4 Å². The van der Waals surface area contributed by atoms with Crippen LogP contribution in [-0.4, -0.2) is 16.6 Å². The minimum atomic E-state index is -0.253. The molecule has 0 unspecified atom stereocenters. The molecule has 0 bridgehead atoms. The Kier molecular flexibility index (Phi) is 4.76. The Morgan fingerprint density at radius 1 is 1.30 bits per heavy atom. The zero-order valence-electron chi connectivity index (χ0n) is 16.0. The van der Waals surface area contributed by atoms with E-state index in [9.17, 15) is 9.18 Å². The summed E-state index contributed by atoms with van der Waals surface area (Å²) in [6.45, 7) is 4.51. The minimum absolute atomic E-state index is 0.00139. The minimum Gasteiger partial charge on any atom is -0.341 e. The van der Waals surface area contributed by atoms with E-state index in [0.29, 0.717) is 12.5 Å². The van der Waals surface area contributed by atoms with Crippen LogP contribution >= 0.6 is 11.3 Å². The van der Waals surface area contributed by atoms with Crippen molar-refractivity contribution >= 4 is 27.5 Å². The Bertz CT molecular complexity index is 1050. The number of aromatic nitrogens is 2. The van der Waals surface area contributed by atoms with Gasteiger partial charge in [-0.25, -0.2) is 9.37 Å². The van der Waals surface area contributed by atoms with Crippen LogP contribution in [0.15, 0.2) is 29.1 Å². The Labute approximate surface area is 162 Å². The van der Waals surface area contributed by atoms with Gasteiger partial charge in [-0.05, 0) is 62.8 Å².